The molecule has 126 valence electrons. The zero-order valence-electron chi connectivity index (χ0n) is 13.7. The Morgan fingerprint density at radius 3 is 1.78 bits per heavy atom. The summed E-state index contributed by atoms with van der Waals surface area (Å²) in [4.78, 5) is 0. The van der Waals surface area contributed by atoms with Crippen LogP contribution in [0.5, 0.6) is 0 Å². The van der Waals surface area contributed by atoms with E-state index in [1.807, 2.05) is 27.7 Å². The summed E-state index contributed by atoms with van der Waals surface area (Å²) in [5, 5.41) is 0. The molecule has 0 bridgehead atoms. The van der Waals surface area contributed by atoms with E-state index in [1.54, 1.807) is 12.1 Å². The van der Waals surface area contributed by atoms with E-state index < -0.39 is 30.1 Å². The highest BCUT2D eigenvalue weighted by Gasteiger charge is 2.61. The standard InChI is InChI=1S/C16H20BF3O3/c1-13(2)14(3,4)23-17(22-13)12-7-5-11(6-8-12)15(9-10-21-15)16(18,19)20/h5-8H,9-10H2,1-4H3. The van der Waals surface area contributed by atoms with Crippen LogP contribution in [0.2, 0.25) is 0 Å². The van der Waals surface area contributed by atoms with Crippen molar-refractivity contribution in [3.05, 3.63) is 29.8 Å². The third-order valence-electron chi connectivity index (χ3n) is 5.16. The molecule has 0 amide bonds. The molecule has 2 heterocycles. The average molecular weight is 328 g/mol. The largest absolute Gasteiger partial charge is 0.494 e. The molecule has 23 heavy (non-hydrogen) atoms. The highest BCUT2D eigenvalue weighted by atomic mass is 19.4. The lowest BCUT2D eigenvalue weighted by Crippen LogP contribution is -2.52. The predicted molar refractivity (Wildman–Crippen MR) is 80.5 cm³/mol. The van der Waals surface area contributed by atoms with E-state index >= 15 is 0 Å². The molecule has 3 rings (SSSR count). The van der Waals surface area contributed by atoms with Gasteiger partial charge in [0.1, 0.15) is 0 Å². The number of halogens is 3. The highest BCUT2D eigenvalue weighted by molar-refractivity contribution is 6.62. The van der Waals surface area contributed by atoms with Crippen molar-refractivity contribution in [3.63, 3.8) is 0 Å². The van der Waals surface area contributed by atoms with Crippen molar-refractivity contribution >= 4 is 12.6 Å². The maximum Gasteiger partial charge on any atom is 0.494 e. The Hall–Kier alpha value is -1.05. The molecule has 3 nitrogen and oxygen atoms in total. The van der Waals surface area contributed by atoms with E-state index in [-0.39, 0.29) is 18.6 Å². The molecular formula is C16H20BF3O3. The van der Waals surface area contributed by atoms with Gasteiger partial charge < -0.3 is 14.0 Å². The van der Waals surface area contributed by atoms with Crippen molar-refractivity contribution in [2.75, 3.05) is 6.61 Å². The first-order valence-electron chi connectivity index (χ1n) is 7.65. The van der Waals surface area contributed by atoms with Crippen LogP contribution in [0.25, 0.3) is 0 Å². The zero-order valence-corrected chi connectivity index (χ0v) is 13.7. The molecule has 2 aliphatic rings. The summed E-state index contributed by atoms with van der Waals surface area (Å²) in [5.41, 5.74) is -2.32. The molecule has 1 unspecified atom stereocenters. The molecule has 1 aromatic carbocycles. The number of alkyl halides is 3. The van der Waals surface area contributed by atoms with Crippen molar-refractivity contribution in [1.82, 2.24) is 0 Å². The normalized spacial score (nSPS) is 29.4. The first-order valence-corrected chi connectivity index (χ1v) is 7.65. The third kappa shape index (κ3) is 2.49. The van der Waals surface area contributed by atoms with Crippen molar-refractivity contribution < 1.29 is 27.2 Å². The Balaban J connectivity index is 1.84. The first kappa shape index (κ1) is 16.8. The van der Waals surface area contributed by atoms with Gasteiger partial charge in [0.25, 0.3) is 0 Å². The van der Waals surface area contributed by atoms with Crippen LogP contribution in [0.15, 0.2) is 24.3 Å². The fourth-order valence-electron chi connectivity index (χ4n) is 2.81. The van der Waals surface area contributed by atoms with Gasteiger partial charge in [-0.2, -0.15) is 13.2 Å². The minimum absolute atomic E-state index is 0.0493. The van der Waals surface area contributed by atoms with Crippen LogP contribution in [0, 0.1) is 0 Å². The molecule has 1 aromatic rings. The van der Waals surface area contributed by atoms with E-state index in [9.17, 15) is 13.2 Å². The van der Waals surface area contributed by atoms with Gasteiger partial charge in [0.2, 0.25) is 0 Å². The van der Waals surface area contributed by atoms with E-state index in [1.165, 1.54) is 12.1 Å². The second kappa shape index (κ2) is 4.97. The fraction of sp³-hybridized carbons (Fsp3) is 0.625. The van der Waals surface area contributed by atoms with Gasteiger partial charge in [-0.3, -0.25) is 0 Å². The Morgan fingerprint density at radius 2 is 1.43 bits per heavy atom. The van der Waals surface area contributed by atoms with Gasteiger partial charge in [0, 0.05) is 6.42 Å². The van der Waals surface area contributed by atoms with Crippen LogP contribution in [-0.2, 0) is 19.6 Å². The summed E-state index contributed by atoms with van der Waals surface area (Å²) in [6, 6.07) is 6.14. The summed E-state index contributed by atoms with van der Waals surface area (Å²) < 4.78 is 56.5. The lowest BCUT2D eigenvalue weighted by Gasteiger charge is -2.43. The minimum Gasteiger partial charge on any atom is -0.399 e. The average Bonchev–Trinajstić information content (AvgIpc) is 2.56. The quantitative estimate of drug-likeness (QED) is 0.781. The molecule has 0 spiro atoms. The molecule has 7 heteroatoms. The smallest absolute Gasteiger partial charge is 0.399 e. The molecule has 0 aromatic heterocycles. The number of hydrogen-bond acceptors (Lipinski definition) is 3. The Bertz CT molecular complexity index is 576. The van der Waals surface area contributed by atoms with Crippen molar-refractivity contribution in [2.24, 2.45) is 0 Å². The zero-order chi connectivity index (χ0) is 17.1. The van der Waals surface area contributed by atoms with E-state index in [0.717, 1.165) is 0 Å². The summed E-state index contributed by atoms with van der Waals surface area (Å²) in [6.45, 7) is 7.85. The van der Waals surface area contributed by atoms with Gasteiger partial charge in [-0.25, -0.2) is 0 Å². The van der Waals surface area contributed by atoms with Gasteiger partial charge in [-0.15, -0.1) is 0 Å². The number of ether oxygens (including phenoxy) is 1. The lowest BCUT2D eigenvalue weighted by molar-refractivity contribution is -0.333. The Kier molecular flexibility index (Phi) is 3.63. The maximum absolute atomic E-state index is 13.3. The molecule has 0 aliphatic carbocycles. The van der Waals surface area contributed by atoms with Gasteiger partial charge in [0.05, 0.1) is 17.8 Å². The van der Waals surface area contributed by atoms with Gasteiger partial charge in [-0.05, 0) is 38.7 Å². The monoisotopic (exact) mass is 328 g/mol. The fourth-order valence-corrected chi connectivity index (χ4v) is 2.81. The SMILES string of the molecule is CC1(C)OB(c2ccc(C3(C(F)(F)F)CCO3)cc2)OC1(C)C. The molecule has 2 saturated heterocycles. The summed E-state index contributed by atoms with van der Waals surface area (Å²) >= 11 is 0. The van der Waals surface area contributed by atoms with E-state index in [2.05, 4.69) is 0 Å². The summed E-state index contributed by atoms with van der Waals surface area (Å²) in [7, 11) is -0.585. The molecule has 0 saturated carbocycles. The molecule has 2 aliphatic heterocycles. The number of rotatable bonds is 2. The van der Waals surface area contributed by atoms with E-state index in [4.69, 9.17) is 14.0 Å². The molecule has 1 atom stereocenters. The topological polar surface area (TPSA) is 27.7 Å². The number of benzene rings is 1. The molecular weight excluding hydrogens is 308 g/mol. The van der Waals surface area contributed by atoms with Gasteiger partial charge >= 0.3 is 13.3 Å². The molecule has 0 N–H and O–H groups in total. The third-order valence-corrected chi connectivity index (χ3v) is 5.16. The van der Waals surface area contributed by atoms with Crippen LogP contribution < -0.4 is 5.46 Å². The first-order chi connectivity index (χ1) is 10.5. The highest BCUT2D eigenvalue weighted by Crippen LogP contribution is 2.50. The van der Waals surface area contributed by atoms with Crippen molar-refractivity contribution in [2.45, 2.75) is 57.1 Å². The molecule has 0 radical (unpaired) electrons. The van der Waals surface area contributed by atoms with Crippen LogP contribution in [0.4, 0.5) is 13.2 Å². The minimum atomic E-state index is -4.42. The maximum atomic E-state index is 13.3. The van der Waals surface area contributed by atoms with Crippen LogP contribution in [0.3, 0.4) is 0 Å². The summed E-state index contributed by atoms with van der Waals surface area (Å²) in [5.74, 6) is 0. The number of hydrogen-bond donors (Lipinski definition) is 0. The second-order valence-electron chi connectivity index (χ2n) is 7.13. The molecule has 2 fully saturated rings. The predicted octanol–water partition coefficient (Wildman–Crippen LogP) is 3.16. The van der Waals surface area contributed by atoms with E-state index in [0.29, 0.717) is 5.46 Å². The summed E-state index contributed by atoms with van der Waals surface area (Å²) in [6.07, 6.45) is -4.47. The van der Waals surface area contributed by atoms with Crippen LogP contribution >= 0.6 is 0 Å². The Morgan fingerprint density at radius 1 is 0.957 bits per heavy atom. The van der Waals surface area contributed by atoms with Crippen molar-refractivity contribution in [1.29, 1.82) is 0 Å². The van der Waals surface area contributed by atoms with Crippen LogP contribution in [-0.4, -0.2) is 31.1 Å². The lowest BCUT2D eigenvalue weighted by atomic mass is 9.77. The van der Waals surface area contributed by atoms with Gasteiger partial charge in [-0.1, -0.05) is 24.3 Å². The Labute approximate surface area is 134 Å². The van der Waals surface area contributed by atoms with Crippen molar-refractivity contribution in [3.8, 4) is 0 Å². The van der Waals surface area contributed by atoms with Gasteiger partial charge in [0.15, 0.2) is 5.60 Å². The van der Waals surface area contributed by atoms with Crippen LogP contribution in [0.1, 0.15) is 39.7 Å². The second-order valence-corrected chi connectivity index (χ2v) is 7.13.